The van der Waals surface area contributed by atoms with E-state index in [1.54, 1.807) is 13.8 Å². The zero-order chi connectivity index (χ0) is 19.9. The third-order valence-corrected chi connectivity index (χ3v) is 7.31. The lowest BCUT2D eigenvalue weighted by Gasteiger charge is -2.11. The van der Waals surface area contributed by atoms with Crippen molar-refractivity contribution in [3.8, 4) is 0 Å². The van der Waals surface area contributed by atoms with Crippen LogP contribution in [0.1, 0.15) is 53.4 Å². The smallest absolute Gasteiger partial charge is 0.340 e. The Morgan fingerprint density at radius 1 is 0.643 bits per heavy atom. The average Bonchev–Trinajstić information content (AvgIpc) is 3.55. The molecule has 28 heavy (non-hydrogen) atoms. The van der Waals surface area contributed by atoms with E-state index in [9.17, 15) is 9.59 Å². The summed E-state index contributed by atoms with van der Waals surface area (Å²) in [5, 5.41) is 0. The summed E-state index contributed by atoms with van der Waals surface area (Å²) in [7, 11) is 0. The van der Waals surface area contributed by atoms with E-state index in [1.165, 1.54) is 0 Å². The molecule has 0 spiro atoms. The van der Waals surface area contributed by atoms with E-state index < -0.39 is 11.2 Å². The molecule has 0 aromatic carbocycles. The number of hydrogen-bond acceptors (Lipinski definition) is 8. The highest BCUT2D eigenvalue weighted by molar-refractivity contribution is 5.83. The number of cyclic esters (lactones) is 2. The van der Waals surface area contributed by atoms with E-state index >= 15 is 0 Å². The van der Waals surface area contributed by atoms with Crippen LogP contribution in [0.3, 0.4) is 0 Å². The van der Waals surface area contributed by atoms with Gasteiger partial charge in [0.2, 0.25) is 0 Å². The predicted molar refractivity (Wildman–Crippen MR) is 93.5 cm³/mol. The molecule has 0 aromatic heterocycles. The molecule has 0 amide bonds. The standard InChI is InChI=1S/C20H28O8/c1-17-7-5-11-19(3,27-11)16(22)24-10-14-18(2,26-14)8-6-12-20(4,28-12)15(21)23-9-13(17)25-17/h11-14H,5-10H2,1-4H3/t11-,12+,13+,14-,17+,18-,19+,20-. The maximum absolute atomic E-state index is 12.4. The van der Waals surface area contributed by atoms with Crippen LogP contribution in [0.5, 0.6) is 0 Å². The van der Waals surface area contributed by atoms with Crippen molar-refractivity contribution in [2.24, 2.45) is 0 Å². The molecule has 0 unspecified atom stereocenters. The summed E-state index contributed by atoms with van der Waals surface area (Å²) >= 11 is 0. The van der Waals surface area contributed by atoms with Crippen LogP contribution >= 0.6 is 0 Å². The van der Waals surface area contributed by atoms with Crippen molar-refractivity contribution in [1.82, 2.24) is 0 Å². The number of esters is 2. The zero-order valence-electron chi connectivity index (χ0n) is 16.8. The Bertz CT molecular complexity index is 665. The summed E-state index contributed by atoms with van der Waals surface area (Å²) in [5.41, 5.74) is -2.46. The monoisotopic (exact) mass is 396 g/mol. The van der Waals surface area contributed by atoms with Crippen molar-refractivity contribution in [3.63, 3.8) is 0 Å². The van der Waals surface area contributed by atoms with E-state index in [4.69, 9.17) is 28.4 Å². The fourth-order valence-corrected chi connectivity index (χ4v) is 4.42. The van der Waals surface area contributed by atoms with Gasteiger partial charge >= 0.3 is 11.9 Å². The Balaban J connectivity index is 1.25. The van der Waals surface area contributed by atoms with Crippen LogP contribution in [0.15, 0.2) is 0 Å². The summed E-state index contributed by atoms with van der Waals surface area (Å²) in [6.07, 6.45) is 2.22. The van der Waals surface area contributed by atoms with Crippen molar-refractivity contribution in [2.75, 3.05) is 13.2 Å². The Kier molecular flexibility index (Phi) is 3.81. The van der Waals surface area contributed by atoms with Crippen LogP contribution < -0.4 is 0 Å². The van der Waals surface area contributed by atoms with Crippen LogP contribution in [-0.4, -0.2) is 72.0 Å². The van der Waals surface area contributed by atoms with Gasteiger partial charge in [-0.1, -0.05) is 0 Å². The molecule has 5 rings (SSSR count). The number of hydrogen-bond donors (Lipinski definition) is 0. The normalized spacial score (nSPS) is 55.7. The van der Waals surface area contributed by atoms with Gasteiger partial charge in [0, 0.05) is 0 Å². The van der Waals surface area contributed by atoms with Crippen molar-refractivity contribution >= 4 is 11.9 Å². The molecule has 5 aliphatic rings. The molecule has 5 aliphatic heterocycles. The van der Waals surface area contributed by atoms with Crippen LogP contribution in [0, 0.1) is 0 Å². The Hall–Kier alpha value is -1.22. The number of rotatable bonds is 0. The lowest BCUT2D eigenvalue weighted by molar-refractivity contribution is -0.150. The SMILES string of the molecule is C[C@@]12CC[C@@H]3O[C@@]3(C)C(=O)OC[C@@H]3O[C@@]3(C)CC[C@H]3O[C@]3(C)C(=O)OC[C@H]1O2. The number of epoxide rings is 4. The summed E-state index contributed by atoms with van der Waals surface area (Å²) < 4.78 is 33.7. The van der Waals surface area contributed by atoms with Crippen LogP contribution in [0.25, 0.3) is 0 Å². The Morgan fingerprint density at radius 2 is 1.04 bits per heavy atom. The van der Waals surface area contributed by atoms with Gasteiger partial charge < -0.3 is 28.4 Å². The van der Waals surface area contributed by atoms with Crippen LogP contribution in [0.4, 0.5) is 0 Å². The van der Waals surface area contributed by atoms with Crippen LogP contribution in [-0.2, 0) is 38.0 Å². The van der Waals surface area contributed by atoms with Gasteiger partial charge in [0.05, 0.1) is 23.4 Å². The van der Waals surface area contributed by atoms with E-state index in [1.807, 2.05) is 13.8 Å². The third kappa shape index (κ3) is 2.96. The summed E-state index contributed by atoms with van der Waals surface area (Å²) in [6.45, 7) is 7.96. The molecule has 8 atom stereocenters. The van der Waals surface area contributed by atoms with Crippen molar-refractivity contribution in [1.29, 1.82) is 0 Å². The predicted octanol–water partition coefficient (Wildman–Crippen LogP) is 1.28. The molecule has 5 saturated heterocycles. The first-order valence-corrected chi connectivity index (χ1v) is 10.1. The quantitative estimate of drug-likeness (QED) is 0.446. The Labute approximate surface area is 164 Å². The van der Waals surface area contributed by atoms with Gasteiger partial charge in [0.25, 0.3) is 0 Å². The van der Waals surface area contributed by atoms with E-state index in [0.29, 0.717) is 12.8 Å². The van der Waals surface area contributed by atoms with E-state index in [2.05, 4.69) is 0 Å². The minimum absolute atomic E-state index is 0.132. The minimum atomic E-state index is -0.881. The maximum Gasteiger partial charge on any atom is 0.340 e. The lowest BCUT2D eigenvalue weighted by Crippen LogP contribution is -2.30. The third-order valence-electron chi connectivity index (χ3n) is 7.31. The van der Waals surface area contributed by atoms with Crippen molar-refractivity contribution in [2.45, 2.75) is 100 Å². The topological polar surface area (TPSA) is 103 Å². The maximum atomic E-state index is 12.4. The van der Waals surface area contributed by atoms with Gasteiger partial charge in [-0.25, -0.2) is 9.59 Å². The second-order valence-corrected chi connectivity index (χ2v) is 9.54. The summed E-state index contributed by atoms with van der Waals surface area (Å²) in [5.74, 6) is -0.663. The number of carbonyl (C=O) groups is 2. The van der Waals surface area contributed by atoms with Gasteiger partial charge in [-0.15, -0.1) is 0 Å². The molecule has 0 saturated carbocycles. The fraction of sp³-hybridized carbons (Fsp3) is 0.900. The number of ether oxygens (including phenoxy) is 6. The summed E-state index contributed by atoms with van der Waals surface area (Å²) in [6, 6.07) is 0. The van der Waals surface area contributed by atoms with Gasteiger partial charge in [-0.3, -0.25) is 0 Å². The second-order valence-electron chi connectivity index (χ2n) is 9.54. The van der Waals surface area contributed by atoms with Gasteiger partial charge in [0.15, 0.2) is 11.2 Å². The molecular weight excluding hydrogens is 368 g/mol. The van der Waals surface area contributed by atoms with Crippen LogP contribution in [0.2, 0.25) is 0 Å². The van der Waals surface area contributed by atoms with Crippen molar-refractivity contribution in [3.05, 3.63) is 0 Å². The second kappa shape index (κ2) is 5.68. The van der Waals surface area contributed by atoms with Gasteiger partial charge in [-0.05, 0) is 53.4 Å². The van der Waals surface area contributed by atoms with E-state index in [-0.39, 0.29) is 60.8 Å². The highest BCUT2D eigenvalue weighted by atomic mass is 16.7. The average molecular weight is 396 g/mol. The molecule has 0 aromatic rings. The molecule has 8 nitrogen and oxygen atoms in total. The fourth-order valence-electron chi connectivity index (χ4n) is 4.42. The van der Waals surface area contributed by atoms with Crippen molar-refractivity contribution < 1.29 is 38.0 Å². The first kappa shape index (κ1) is 18.8. The number of fused-ring (bicyclic) bond motifs is 4. The number of carbonyl (C=O) groups excluding carboxylic acids is 2. The van der Waals surface area contributed by atoms with E-state index in [0.717, 1.165) is 12.8 Å². The highest BCUT2D eigenvalue weighted by Gasteiger charge is 2.64. The molecule has 8 heteroatoms. The molecular formula is C20H28O8. The first-order chi connectivity index (χ1) is 13.1. The van der Waals surface area contributed by atoms with Gasteiger partial charge in [-0.2, -0.15) is 0 Å². The zero-order valence-corrected chi connectivity index (χ0v) is 16.8. The minimum Gasteiger partial charge on any atom is -0.461 e. The molecule has 156 valence electrons. The first-order valence-electron chi connectivity index (χ1n) is 10.1. The molecule has 0 radical (unpaired) electrons. The molecule has 0 aliphatic carbocycles. The molecule has 5 heterocycles. The summed E-state index contributed by atoms with van der Waals surface area (Å²) in [4.78, 5) is 24.9. The molecule has 0 bridgehead atoms. The largest absolute Gasteiger partial charge is 0.461 e. The lowest BCUT2D eigenvalue weighted by atomic mass is 9.95. The van der Waals surface area contributed by atoms with Gasteiger partial charge in [0.1, 0.15) is 25.4 Å². The molecule has 5 fully saturated rings. The molecule has 0 N–H and O–H groups in total. The Morgan fingerprint density at radius 3 is 1.43 bits per heavy atom. The highest BCUT2D eigenvalue weighted by Crippen LogP contribution is 2.49.